The van der Waals surface area contributed by atoms with E-state index in [4.69, 9.17) is 9.47 Å². The van der Waals surface area contributed by atoms with E-state index in [1.807, 2.05) is 0 Å². The Morgan fingerprint density at radius 1 is 0.500 bits per heavy atom. The van der Waals surface area contributed by atoms with Crippen LogP contribution in [0.4, 0.5) is 0 Å². The topological polar surface area (TPSA) is 62.2 Å². The number of nitrogens with zero attached hydrogens (tertiary/aromatic N) is 2. The molecule has 6 heteroatoms. The molecule has 48 heavy (non-hydrogen) atoms. The molecule has 0 aromatic carbocycles. The second kappa shape index (κ2) is 39.1. The summed E-state index contributed by atoms with van der Waals surface area (Å²) in [6.07, 6.45) is 36.0. The van der Waals surface area contributed by atoms with E-state index < -0.39 is 6.29 Å². The van der Waals surface area contributed by atoms with E-state index >= 15 is 0 Å². The smallest absolute Gasteiger partial charge is 0.305 e. The van der Waals surface area contributed by atoms with Crippen LogP contribution in [0.3, 0.4) is 0 Å². The molecule has 0 heterocycles. The molecule has 0 aliphatic heterocycles. The Balaban J connectivity index is 3.69. The fraction of sp³-hybridized carbons (Fsp3) is 0.976. The van der Waals surface area contributed by atoms with E-state index in [0.29, 0.717) is 19.6 Å². The summed E-state index contributed by atoms with van der Waals surface area (Å²) in [4.78, 5) is 17.0. The SMILES string of the molecule is CCCCCCCCCCCOC(=O)CCCCCCCN(CCCCCCCC(O)OCCCCCCCCCCC)CCN(C)C. The van der Waals surface area contributed by atoms with Crippen LogP contribution in [-0.2, 0) is 14.3 Å². The molecule has 0 aliphatic carbocycles. The van der Waals surface area contributed by atoms with E-state index in [0.717, 1.165) is 51.6 Å². The van der Waals surface area contributed by atoms with Crippen LogP contribution in [0.2, 0.25) is 0 Å². The zero-order valence-corrected chi connectivity index (χ0v) is 33.1. The number of hydrogen-bond donors (Lipinski definition) is 1. The number of carbonyl (C=O) groups excluding carboxylic acids is 1. The van der Waals surface area contributed by atoms with Gasteiger partial charge in [0.25, 0.3) is 0 Å². The lowest BCUT2D eigenvalue weighted by molar-refractivity contribution is -0.143. The van der Waals surface area contributed by atoms with Crippen molar-refractivity contribution in [2.24, 2.45) is 0 Å². The van der Waals surface area contributed by atoms with Crippen molar-refractivity contribution in [2.75, 3.05) is 53.5 Å². The second-order valence-corrected chi connectivity index (χ2v) is 14.9. The van der Waals surface area contributed by atoms with Crippen molar-refractivity contribution in [3.05, 3.63) is 0 Å². The van der Waals surface area contributed by atoms with Crippen LogP contribution < -0.4 is 0 Å². The first-order chi connectivity index (χ1) is 23.5. The highest BCUT2D eigenvalue weighted by Crippen LogP contribution is 2.14. The van der Waals surface area contributed by atoms with Crippen LogP contribution in [0.15, 0.2) is 0 Å². The highest BCUT2D eigenvalue weighted by Gasteiger charge is 2.08. The van der Waals surface area contributed by atoms with Gasteiger partial charge in [-0.1, -0.05) is 155 Å². The standard InChI is InChI=1S/C42H86N2O4/c1-5-7-9-11-13-15-17-25-31-39-47-41(45)33-27-21-19-23-29-35-44(38-37-43(3)4)36-30-24-20-22-28-34-42(46)48-40-32-26-18-16-14-12-10-8-6-2/h41,45H,5-40H2,1-4H3. The number of aliphatic hydroxyl groups excluding tert-OH is 1. The summed E-state index contributed by atoms with van der Waals surface area (Å²) >= 11 is 0. The van der Waals surface area contributed by atoms with Crippen molar-refractivity contribution < 1.29 is 19.4 Å². The van der Waals surface area contributed by atoms with E-state index in [1.165, 1.54) is 161 Å². The first-order valence-corrected chi connectivity index (χ1v) is 21.3. The highest BCUT2D eigenvalue weighted by molar-refractivity contribution is 5.69. The van der Waals surface area contributed by atoms with Gasteiger partial charge >= 0.3 is 5.97 Å². The number of ether oxygens (including phenoxy) is 2. The van der Waals surface area contributed by atoms with Gasteiger partial charge in [0.1, 0.15) is 0 Å². The molecule has 0 amide bonds. The minimum Gasteiger partial charge on any atom is -0.466 e. The molecule has 0 saturated carbocycles. The fourth-order valence-corrected chi connectivity index (χ4v) is 6.38. The molecule has 0 bridgehead atoms. The van der Waals surface area contributed by atoms with Crippen LogP contribution in [0.25, 0.3) is 0 Å². The average Bonchev–Trinajstić information content (AvgIpc) is 3.07. The highest BCUT2D eigenvalue weighted by atomic mass is 16.6. The number of esters is 1. The molecular weight excluding hydrogens is 596 g/mol. The Morgan fingerprint density at radius 2 is 0.917 bits per heavy atom. The Bertz CT molecular complexity index is 633. The number of hydrogen-bond acceptors (Lipinski definition) is 6. The number of likely N-dealkylation sites (N-methyl/N-ethyl adjacent to an activating group) is 1. The zero-order chi connectivity index (χ0) is 35.2. The van der Waals surface area contributed by atoms with E-state index in [1.54, 1.807) is 0 Å². The lowest BCUT2D eigenvalue weighted by atomic mass is 10.1. The van der Waals surface area contributed by atoms with Crippen molar-refractivity contribution in [2.45, 2.75) is 213 Å². The predicted molar refractivity (Wildman–Crippen MR) is 208 cm³/mol. The molecule has 0 spiro atoms. The van der Waals surface area contributed by atoms with Gasteiger partial charge in [-0.05, 0) is 72.1 Å². The molecule has 0 aliphatic rings. The monoisotopic (exact) mass is 683 g/mol. The Hall–Kier alpha value is -0.690. The summed E-state index contributed by atoms with van der Waals surface area (Å²) in [5.41, 5.74) is 0. The van der Waals surface area contributed by atoms with Gasteiger partial charge in [0.2, 0.25) is 0 Å². The first kappa shape index (κ1) is 47.3. The zero-order valence-electron chi connectivity index (χ0n) is 33.1. The number of aliphatic hydroxyl groups is 1. The van der Waals surface area contributed by atoms with Crippen LogP contribution in [0, 0.1) is 0 Å². The minimum atomic E-state index is -0.580. The molecular formula is C42H86N2O4. The molecule has 0 aromatic rings. The van der Waals surface area contributed by atoms with Crippen molar-refractivity contribution >= 4 is 5.97 Å². The molecule has 0 radical (unpaired) electrons. The van der Waals surface area contributed by atoms with Crippen molar-refractivity contribution in [1.29, 1.82) is 0 Å². The summed E-state index contributed by atoms with van der Waals surface area (Å²) in [7, 11) is 4.32. The van der Waals surface area contributed by atoms with Gasteiger partial charge in [-0.15, -0.1) is 0 Å². The van der Waals surface area contributed by atoms with Gasteiger partial charge in [-0.2, -0.15) is 0 Å². The molecule has 288 valence electrons. The average molecular weight is 683 g/mol. The van der Waals surface area contributed by atoms with Crippen molar-refractivity contribution in [3.63, 3.8) is 0 Å². The molecule has 1 unspecified atom stereocenters. The lowest BCUT2D eigenvalue weighted by Gasteiger charge is -2.24. The summed E-state index contributed by atoms with van der Waals surface area (Å²) in [6.45, 7) is 10.5. The third kappa shape index (κ3) is 38.1. The fourth-order valence-electron chi connectivity index (χ4n) is 6.38. The second-order valence-electron chi connectivity index (χ2n) is 14.9. The number of carbonyl (C=O) groups is 1. The quantitative estimate of drug-likeness (QED) is 0.0394. The maximum Gasteiger partial charge on any atom is 0.305 e. The molecule has 0 saturated heterocycles. The summed E-state index contributed by atoms with van der Waals surface area (Å²) in [5.74, 6) is -0.00159. The van der Waals surface area contributed by atoms with Gasteiger partial charge < -0.3 is 24.4 Å². The normalized spacial score (nSPS) is 12.4. The van der Waals surface area contributed by atoms with Gasteiger partial charge in [0.15, 0.2) is 6.29 Å². The number of unbranched alkanes of at least 4 members (excludes halogenated alkanes) is 24. The van der Waals surface area contributed by atoms with E-state index in [9.17, 15) is 9.90 Å². The maximum atomic E-state index is 12.0. The van der Waals surface area contributed by atoms with Gasteiger partial charge in [-0.25, -0.2) is 0 Å². The van der Waals surface area contributed by atoms with Crippen LogP contribution in [-0.4, -0.2) is 80.7 Å². The summed E-state index contributed by atoms with van der Waals surface area (Å²) in [6, 6.07) is 0. The van der Waals surface area contributed by atoms with E-state index in [-0.39, 0.29) is 5.97 Å². The largest absolute Gasteiger partial charge is 0.466 e. The molecule has 1 atom stereocenters. The van der Waals surface area contributed by atoms with E-state index in [2.05, 4.69) is 37.7 Å². The molecule has 1 N–H and O–H groups in total. The van der Waals surface area contributed by atoms with Crippen molar-refractivity contribution in [3.8, 4) is 0 Å². The van der Waals surface area contributed by atoms with Crippen molar-refractivity contribution in [1.82, 2.24) is 9.80 Å². The Morgan fingerprint density at radius 3 is 1.42 bits per heavy atom. The van der Waals surface area contributed by atoms with Gasteiger partial charge in [0, 0.05) is 26.1 Å². The first-order valence-electron chi connectivity index (χ1n) is 21.3. The van der Waals surface area contributed by atoms with Crippen LogP contribution >= 0.6 is 0 Å². The molecule has 6 nitrogen and oxygen atoms in total. The maximum absolute atomic E-state index is 12.0. The third-order valence-corrected chi connectivity index (χ3v) is 9.71. The third-order valence-electron chi connectivity index (χ3n) is 9.71. The summed E-state index contributed by atoms with van der Waals surface area (Å²) in [5, 5.41) is 10.2. The molecule has 0 rings (SSSR count). The predicted octanol–water partition coefficient (Wildman–Crippen LogP) is 11.5. The van der Waals surface area contributed by atoms with Gasteiger partial charge in [0.05, 0.1) is 6.61 Å². The van der Waals surface area contributed by atoms with Crippen LogP contribution in [0.1, 0.15) is 206 Å². The summed E-state index contributed by atoms with van der Waals surface area (Å²) < 4.78 is 11.1. The Labute approximate surface area is 300 Å². The molecule has 0 fully saturated rings. The van der Waals surface area contributed by atoms with Gasteiger partial charge in [-0.3, -0.25) is 4.79 Å². The Kier molecular flexibility index (Phi) is 38.5. The van der Waals surface area contributed by atoms with Crippen LogP contribution in [0.5, 0.6) is 0 Å². The molecule has 0 aromatic heterocycles. The lowest BCUT2D eigenvalue weighted by Crippen LogP contribution is -2.33. The minimum absolute atomic E-state index is 0.00159. The number of rotatable bonds is 40.